The van der Waals surface area contributed by atoms with Gasteiger partial charge in [-0.15, -0.1) is 0 Å². The lowest BCUT2D eigenvalue weighted by Crippen LogP contribution is -2.14. The summed E-state index contributed by atoms with van der Waals surface area (Å²) in [5.41, 5.74) is 3.29. The number of rotatable bonds is 0. The van der Waals surface area contributed by atoms with Crippen molar-refractivity contribution >= 4 is 13.7 Å². The van der Waals surface area contributed by atoms with Crippen LogP contribution in [0, 0.1) is 6.92 Å². The van der Waals surface area contributed by atoms with Crippen molar-refractivity contribution in [2.24, 2.45) is 0 Å². The number of fused-ring (bicyclic) bond motifs is 3. The summed E-state index contributed by atoms with van der Waals surface area (Å²) in [6.45, 7) is 2.02. The molecule has 2 aromatic carbocycles. The topological polar surface area (TPSA) is 29.5 Å². The van der Waals surface area contributed by atoms with Crippen molar-refractivity contribution in [3.63, 3.8) is 0 Å². The first-order valence-electron chi connectivity index (χ1n) is 5.13. The van der Waals surface area contributed by atoms with Crippen LogP contribution < -0.4 is 9.83 Å². The van der Waals surface area contributed by atoms with Gasteiger partial charge in [-0.1, -0.05) is 35.9 Å². The number of benzene rings is 2. The van der Waals surface area contributed by atoms with E-state index < -0.39 is 8.38 Å². The largest absolute Gasteiger partial charge is 0.443 e. The first-order chi connectivity index (χ1) is 7.75. The summed E-state index contributed by atoms with van der Waals surface area (Å²) in [6, 6.07) is 13.9. The van der Waals surface area contributed by atoms with Gasteiger partial charge in [0.1, 0.15) is 5.75 Å². The average Bonchev–Trinajstić information content (AvgIpc) is 2.29. The van der Waals surface area contributed by atoms with E-state index in [4.69, 9.17) is 4.52 Å². The molecular weight excluding hydrogens is 219 g/mol. The standard InChI is InChI=1S/C13H11O2P/c1-9-6-7-11-10-4-2-3-5-12(10)15-16(14)13(11)8-9/h2-8,14H,1H3. The lowest BCUT2D eigenvalue weighted by Gasteiger charge is -2.24. The first kappa shape index (κ1) is 9.83. The molecule has 0 saturated heterocycles. The summed E-state index contributed by atoms with van der Waals surface area (Å²) in [7, 11) is -1.51. The van der Waals surface area contributed by atoms with Gasteiger partial charge in [0.15, 0.2) is 0 Å². The number of aryl methyl sites for hydroxylation is 1. The Morgan fingerprint density at radius 3 is 2.75 bits per heavy atom. The zero-order chi connectivity index (χ0) is 11.1. The van der Waals surface area contributed by atoms with Crippen LogP contribution in [0.15, 0.2) is 42.5 Å². The summed E-state index contributed by atoms with van der Waals surface area (Å²) >= 11 is 0. The van der Waals surface area contributed by atoms with Gasteiger partial charge in [0.2, 0.25) is 0 Å². The number of hydrogen-bond donors (Lipinski definition) is 1. The van der Waals surface area contributed by atoms with Gasteiger partial charge >= 0.3 is 0 Å². The van der Waals surface area contributed by atoms with Crippen LogP contribution in [-0.4, -0.2) is 4.89 Å². The molecule has 16 heavy (non-hydrogen) atoms. The second-order valence-corrected chi connectivity index (χ2v) is 5.09. The maximum absolute atomic E-state index is 9.98. The molecule has 0 radical (unpaired) electrons. The minimum absolute atomic E-state index is 0.771. The molecule has 1 heterocycles. The zero-order valence-electron chi connectivity index (χ0n) is 8.84. The Morgan fingerprint density at radius 1 is 1.06 bits per heavy atom. The lowest BCUT2D eigenvalue weighted by molar-refractivity contribution is 0.498. The van der Waals surface area contributed by atoms with E-state index in [2.05, 4.69) is 12.1 Å². The van der Waals surface area contributed by atoms with Gasteiger partial charge in [-0.3, -0.25) is 0 Å². The van der Waals surface area contributed by atoms with Gasteiger partial charge in [-0.25, -0.2) is 0 Å². The number of para-hydroxylation sites is 1. The molecule has 0 saturated carbocycles. The van der Waals surface area contributed by atoms with Crippen molar-refractivity contribution in [2.75, 3.05) is 0 Å². The molecule has 0 aliphatic carbocycles. The Morgan fingerprint density at radius 2 is 1.88 bits per heavy atom. The molecule has 1 unspecified atom stereocenters. The van der Waals surface area contributed by atoms with E-state index in [1.54, 1.807) is 0 Å². The van der Waals surface area contributed by atoms with Crippen LogP contribution >= 0.6 is 8.38 Å². The van der Waals surface area contributed by atoms with Crippen LogP contribution in [0.1, 0.15) is 5.56 Å². The Bertz CT molecular complexity index is 551. The molecule has 80 valence electrons. The number of hydrogen-bond acceptors (Lipinski definition) is 2. The summed E-state index contributed by atoms with van der Waals surface area (Å²) in [5, 5.41) is 0.911. The fourth-order valence-electron chi connectivity index (χ4n) is 1.94. The molecule has 0 fully saturated rings. The van der Waals surface area contributed by atoms with E-state index in [0.717, 1.165) is 27.7 Å². The third-order valence-corrected chi connectivity index (χ3v) is 3.87. The smallest absolute Gasteiger partial charge is 0.262 e. The molecule has 0 aromatic heterocycles. The van der Waals surface area contributed by atoms with Gasteiger partial charge in [-0.2, -0.15) is 0 Å². The van der Waals surface area contributed by atoms with Crippen molar-refractivity contribution in [3.8, 4) is 16.9 Å². The van der Waals surface area contributed by atoms with E-state index in [9.17, 15) is 4.89 Å². The highest BCUT2D eigenvalue weighted by Crippen LogP contribution is 2.46. The quantitative estimate of drug-likeness (QED) is 0.705. The van der Waals surface area contributed by atoms with Gasteiger partial charge in [0, 0.05) is 5.56 Å². The van der Waals surface area contributed by atoms with Crippen molar-refractivity contribution < 1.29 is 9.42 Å². The summed E-state index contributed by atoms with van der Waals surface area (Å²) in [5.74, 6) is 0.771. The van der Waals surface area contributed by atoms with E-state index >= 15 is 0 Å². The molecule has 1 aliphatic rings. The highest BCUT2D eigenvalue weighted by molar-refractivity contribution is 7.56. The van der Waals surface area contributed by atoms with E-state index in [0.29, 0.717) is 0 Å². The summed E-state index contributed by atoms with van der Waals surface area (Å²) in [4.78, 5) is 9.98. The molecule has 1 aliphatic heterocycles. The molecule has 0 amide bonds. The monoisotopic (exact) mass is 230 g/mol. The minimum Gasteiger partial charge on any atom is -0.443 e. The Hall–Kier alpha value is -1.37. The van der Waals surface area contributed by atoms with E-state index in [-0.39, 0.29) is 0 Å². The summed E-state index contributed by atoms with van der Waals surface area (Å²) in [6.07, 6.45) is 0. The third-order valence-electron chi connectivity index (χ3n) is 2.72. The van der Waals surface area contributed by atoms with E-state index in [1.165, 1.54) is 0 Å². The lowest BCUT2D eigenvalue weighted by atomic mass is 10.0. The highest BCUT2D eigenvalue weighted by Gasteiger charge is 2.24. The van der Waals surface area contributed by atoms with Crippen LogP contribution in [0.5, 0.6) is 5.75 Å². The molecule has 1 N–H and O–H groups in total. The van der Waals surface area contributed by atoms with E-state index in [1.807, 2.05) is 37.3 Å². The maximum atomic E-state index is 9.98. The molecule has 0 bridgehead atoms. The predicted molar refractivity (Wildman–Crippen MR) is 66.0 cm³/mol. The second-order valence-electron chi connectivity index (χ2n) is 3.88. The van der Waals surface area contributed by atoms with Crippen molar-refractivity contribution in [3.05, 3.63) is 48.0 Å². The SMILES string of the molecule is Cc1ccc2c(c1)P(O)Oc1ccccc1-2. The van der Waals surface area contributed by atoms with Crippen LogP contribution in [0.2, 0.25) is 0 Å². The minimum atomic E-state index is -1.51. The Labute approximate surface area is 95.4 Å². The predicted octanol–water partition coefficient (Wildman–Crippen LogP) is 2.98. The molecule has 1 atom stereocenters. The second kappa shape index (κ2) is 3.58. The van der Waals surface area contributed by atoms with Crippen LogP contribution in [0.4, 0.5) is 0 Å². The third kappa shape index (κ3) is 1.42. The van der Waals surface area contributed by atoms with Crippen LogP contribution in [0.3, 0.4) is 0 Å². The summed E-state index contributed by atoms with van der Waals surface area (Å²) < 4.78 is 5.53. The van der Waals surface area contributed by atoms with Crippen molar-refractivity contribution in [1.29, 1.82) is 0 Å². The first-order valence-corrected chi connectivity index (χ1v) is 6.34. The molecule has 2 nitrogen and oxygen atoms in total. The molecule has 3 heteroatoms. The Balaban J connectivity index is 2.28. The van der Waals surface area contributed by atoms with Crippen LogP contribution in [-0.2, 0) is 0 Å². The fourth-order valence-corrected chi connectivity index (χ4v) is 3.10. The van der Waals surface area contributed by atoms with Crippen molar-refractivity contribution in [1.82, 2.24) is 0 Å². The maximum Gasteiger partial charge on any atom is 0.262 e. The van der Waals surface area contributed by atoms with Gasteiger partial charge in [0.05, 0.1) is 5.30 Å². The molecule has 3 rings (SSSR count). The normalized spacial score (nSPS) is 17.2. The fraction of sp³-hybridized carbons (Fsp3) is 0.0769. The van der Waals surface area contributed by atoms with Gasteiger partial charge in [0.25, 0.3) is 8.38 Å². The highest BCUT2D eigenvalue weighted by atomic mass is 31.2. The van der Waals surface area contributed by atoms with Crippen LogP contribution in [0.25, 0.3) is 11.1 Å². The average molecular weight is 230 g/mol. The molecule has 0 spiro atoms. The zero-order valence-corrected chi connectivity index (χ0v) is 9.74. The van der Waals surface area contributed by atoms with Crippen molar-refractivity contribution in [2.45, 2.75) is 6.92 Å². The van der Waals surface area contributed by atoms with Gasteiger partial charge in [-0.05, 0) is 24.6 Å². The molecular formula is C13H11O2P. The Kier molecular flexibility index (Phi) is 2.20. The van der Waals surface area contributed by atoms with Gasteiger partial charge < -0.3 is 9.42 Å². The molecule has 2 aromatic rings.